The number of methoxy groups -OCH3 is 2. The highest BCUT2D eigenvalue weighted by atomic mass is 35.5. The van der Waals surface area contributed by atoms with E-state index in [4.69, 9.17) is 21.1 Å². The molecule has 1 N–H and O–H groups in total. The van der Waals surface area contributed by atoms with E-state index in [2.05, 4.69) is 9.97 Å². The Kier molecular flexibility index (Phi) is 3.73. The number of phenols is 1. The second-order valence-corrected chi connectivity index (χ2v) is 4.99. The van der Waals surface area contributed by atoms with Gasteiger partial charge in [0.1, 0.15) is 12.1 Å². The zero-order chi connectivity index (χ0) is 15.7. The number of aromatic hydroxyl groups is 1. The van der Waals surface area contributed by atoms with Gasteiger partial charge >= 0.3 is 0 Å². The topological polar surface area (TPSA) is 64.5 Å². The summed E-state index contributed by atoms with van der Waals surface area (Å²) in [6, 6.07) is 7.07. The molecule has 0 saturated heterocycles. The van der Waals surface area contributed by atoms with Crippen LogP contribution >= 0.6 is 11.6 Å². The maximum absolute atomic E-state index is 10.4. The van der Waals surface area contributed by atoms with Crippen LogP contribution in [0.2, 0.25) is 5.02 Å². The minimum Gasteiger partial charge on any atom is -0.504 e. The molecule has 2 aromatic carbocycles. The lowest BCUT2D eigenvalue weighted by Crippen LogP contribution is -1.93. The number of hydrogen-bond acceptors (Lipinski definition) is 5. The van der Waals surface area contributed by atoms with Gasteiger partial charge in [0.05, 0.1) is 24.8 Å². The molecule has 0 fully saturated rings. The Morgan fingerprint density at radius 3 is 2.59 bits per heavy atom. The number of benzene rings is 2. The van der Waals surface area contributed by atoms with Crippen molar-refractivity contribution in [2.75, 3.05) is 14.2 Å². The molecule has 6 heteroatoms. The summed E-state index contributed by atoms with van der Waals surface area (Å²) in [5.74, 6) is 0.681. The van der Waals surface area contributed by atoms with Gasteiger partial charge in [-0.3, -0.25) is 0 Å². The molecule has 0 saturated carbocycles. The average molecular weight is 317 g/mol. The third kappa shape index (κ3) is 2.29. The number of fused-ring (bicyclic) bond motifs is 1. The van der Waals surface area contributed by atoms with Crippen molar-refractivity contribution in [1.82, 2.24) is 9.97 Å². The van der Waals surface area contributed by atoms with E-state index in [1.807, 2.05) is 18.2 Å². The monoisotopic (exact) mass is 316 g/mol. The van der Waals surface area contributed by atoms with Gasteiger partial charge in [0.2, 0.25) is 0 Å². The summed E-state index contributed by atoms with van der Waals surface area (Å²) in [4.78, 5) is 8.18. The van der Waals surface area contributed by atoms with Gasteiger partial charge in [-0.2, -0.15) is 0 Å². The van der Waals surface area contributed by atoms with Crippen molar-refractivity contribution in [3.8, 4) is 28.4 Å². The highest BCUT2D eigenvalue weighted by molar-refractivity contribution is 6.35. The fourth-order valence-corrected chi connectivity index (χ4v) is 2.64. The molecule has 3 rings (SSSR count). The Bertz CT molecular complexity index is 824. The van der Waals surface area contributed by atoms with E-state index in [0.29, 0.717) is 22.1 Å². The van der Waals surface area contributed by atoms with Gasteiger partial charge in [-0.25, -0.2) is 9.97 Å². The van der Waals surface area contributed by atoms with Crippen LogP contribution in [-0.2, 0) is 0 Å². The fourth-order valence-electron chi connectivity index (χ4n) is 2.31. The molecule has 0 atom stereocenters. The molecule has 22 heavy (non-hydrogen) atoms. The first-order chi connectivity index (χ1) is 10.7. The first-order valence-electron chi connectivity index (χ1n) is 6.49. The van der Waals surface area contributed by atoms with E-state index in [0.717, 1.165) is 16.5 Å². The van der Waals surface area contributed by atoms with Crippen molar-refractivity contribution in [2.45, 2.75) is 0 Å². The minimum atomic E-state index is -0.0375. The van der Waals surface area contributed by atoms with E-state index < -0.39 is 0 Å². The third-order valence-corrected chi connectivity index (χ3v) is 3.78. The predicted molar refractivity (Wildman–Crippen MR) is 84.8 cm³/mol. The lowest BCUT2D eigenvalue weighted by atomic mass is 10.0. The van der Waals surface area contributed by atoms with E-state index in [1.165, 1.54) is 20.5 Å². The van der Waals surface area contributed by atoms with E-state index in [9.17, 15) is 5.11 Å². The Morgan fingerprint density at radius 1 is 1.09 bits per heavy atom. The number of phenolic OH excluding ortho intramolecular Hbond substituents is 1. The number of halogens is 1. The molecule has 0 aliphatic rings. The Labute approximate surface area is 132 Å². The van der Waals surface area contributed by atoms with Crippen LogP contribution < -0.4 is 9.47 Å². The zero-order valence-corrected chi connectivity index (χ0v) is 12.8. The van der Waals surface area contributed by atoms with Gasteiger partial charge < -0.3 is 14.6 Å². The number of nitrogens with zero attached hydrogens (tertiary/aromatic N) is 2. The van der Waals surface area contributed by atoms with Crippen LogP contribution in [0.4, 0.5) is 0 Å². The summed E-state index contributed by atoms with van der Waals surface area (Å²) in [6.07, 6.45) is 3.19. The largest absolute Gasteiger partial charge is 0.504 e. The second kappa shape index (κ2) is 5.69. The van der Waals surface area contributed by atoms with Crippen LogP contribution in [0.3, 0.4) is 0 Å². The molecule has 0 bridgehead atoms. The molecule has 3 aromatic rings. The second-order valence-electron chi connectivity index (χ2n) is 4.62. The number of rotatable bonds is 3. The summed E-state index contributed by atoms with van der Waals surface area (Å²) >= 11 is 6.36. The fraction of sp³-hybridized carbons (Fsp3) is 0.125. The first kappa shape index (κ1) is 14.4. The van der Waals surface area contributed by atoms with Gasteiger partial charge in [-0.15, -0.1) is 0 Å². The normalized spacial score (nSPS) is 10.7. The van der Waals surface area contributed by atoms with Crippen molar-refractivity contribution < 1.29 is 14.6 Å². The molecule has 0 aliphatic heterocycles. The maximum Gasteiger partial charge on any atom is 0.167 e. The molecule has 0 radical (unpaired) electrons. The van der Waals surface area contributed by atoms with Gasteiger partial charge in [-0.05, 0) is 17.7 Å². The summed E-state index contributed by atoms with van der Waals surface area (Å²) in [7, 11) is 2.98. The van der Waals surface area contributed by atoms with E-state index >= 15 is 0 Å². The average Bonchev–Trinajstić information content (AvgIpc) is 2.55. The van der Waals surface area contributed by atoms with Crippen LogP contribution in [0, 0.1) is 0 Å². The van der Waals surface area contributed by atoms with Crippen LogP contribution in [0.5, 0.6) is 17.2 Å². The Morgan fingerprint density at radius 2 is 1.86 bits per heavy atom. The van der Waals surface area contributed by atoms with Gasteiger partial charge in [0.15, 0.2) is 11.5 Å². The quantitative estimate of drug-likeness (QED) is 0.798. The number of ether oxygens (including phenoxy) is 2. The van der Waals surface area contributed by atoms with Gasteiger partial charge in [0, 0.05) is 23.2 Å². The predicted octanol–water partition coefficient (Wildman–Crippen LogP) is 3.67. The third-order valence-electron chi connectivity index (χ3n) is 3.40. The summed E-state index contributed by atoms with van der Waals surface area (Å²) < 4.78 is 10.4. The van der Waals surface area contributed by atoms with Gasteiger partial charge in [0.25, 0.3) is 0 Å². The van der Waals surface area contributed by atoms with Crippen LogP contribution in [-0.4, -0.2) is 29.3 Å². The molecular weight excluding hydrogens is 304 g/mol. The van der Waals surface area contributed by atoms with E-state index in [-0.39, 0.29) is 5.75 Å². The Hall–Kier alpha value is -2.53. The summed E-state index contributed by atoms with van der Waals surface area (Å²) in [5.41, 5.74) is 1.98. The minimum absolute atomic E-state index is 0.0375. The highest BCUT2D eigenvalue weighted by Gasteiger charge is 2.19. The number of hydrogen-bond donors (Lipinski definition) is 1. The molecule has 0 unspecified atom stereocenters. The molecule has 1 aromatic heterocycles. The van der Waals surface area contributed by atoms with Crippen molar-refractivity contribution in [2.24, 2.45) is 0 Å². The lowest BCUT2D eigenvalue weighted by molar-refractivity contribution is 0.365. The molecule has 0 aliphatic carbocycles. The van der Waals surface area contributed by atoms with Crippen molar-refractivity contribution >= 4 is 22.5 Å². The summed E-state index contributed by atoms with van der Waals surface area (Å²) in [6.45, 7) is 0. The smallest absolute Gasteiger partial charge is 0.167 e. The van der Waals surface area contributed by atoms with Crippen molar-refractivity contribution in [3.63, 3.8) is 0 Å². The summed E-state index contributed by atoms with van der Waals surface area (Å²) in [5, 5.41) is 11.6. The zero-order valence-electron chi connectivity index (χ0n) is 12.0. The highest BCUT2D eigenvalue weighted by Crippen LogP contribution is 2.47. The van der Waals surface area contributed by atoms with Crippen molar-refractivity contribution in [1.29, 1.82) is 0 Å². The Balaban J connectivity index is 2.28. The molecule has 5 nitrogen and oxygen atoms in total. The molecular formula is C16H13ClN2O3. The molecule has 112 valence electrons. The first-order valence-corrected chi connectivity index (χ1v) is 6.87. The van der Waals surface area contributed by atoms with E-state index in [1.54, 1.807) is 12.3 Å². The molecule has 1 heterocycles. The van der Waals surface area contributed by atoms with Crippen LogP contribution in [0.15, 0.2) is 36.8 Å². The molecule has 0 amide bonds. The maximum atomic E-state index is 10.4. The molecule has 0 spiro atoms. The van der Waals surface area contributed by atoms with Gasteiger partial charge in [-0.1, -0.05) is 17.7 Å². The van der Waals surface area contributed by atoms with Crippen LogP contribution in [0.1, 0.15) is 0 Å². The van der Waals surface area contributed by atoms with Crippen molar-refractivity contribution in [3.05, 3.63) is 41.8 Å². The lowest BCUT2D eigenvalue weighted by Gasteiger charge is -2.15. The number of aromatic nitrogens is 2. The van der Waals surface area contributed by atoms with Crippen LogP contribution in [0.25, 0.3) is 22.0 Å². The standard InChI is InChI=1S/C16H13ClN2O3/c1-21-12-6-13(22-2)16(20)14(15(12)17)9-3-4-11-10(5-9)7-18-8-19-11/h3-8,20H,1-2H3. The SMILES string of the molecule is COc1cc(OC)c(Cl)c(-c2ccc3ncncc3c2)c1O.